The summed E-state index contributed by atoms with van der Waals surface area (Å²) in [5, 5.41) is 9.41. The van der Waals surface area contributed by atoms with E-state index in [1.807, 2.05) is 0 Å². The van der Waals surface area contributed by atoms with Crippen LogP contribution in [0.5, 0.6) is 0 Å². The zero-order valence-electron chi connectivity index (χ0n) is 6.24. The highest BCUT2D eigenvalue weighted by Gasteiger charge is 2.33. The van der Waals surface area contributed by atoms with Crippen molar-refractivity contribution in [2.75, 3.05) is 7.11 Å². The maximum Gasteiger partial charge on any atom is 0.312 e. The van der Waals surface area contributed by atoms with E-state index in [4.69, 9.17) is 4.74 Å². The Morgan fingerprint density at radius 3 is 3.09 bits per heavy atom. The van der Waals surface area contributed by atoms with Crippen molar-refractivity contribution in [3.8, 4) is 0 Å². The first-order valence-corrected chi connectivity index (χ1v) is 3.28. The minimum atomic E-state index is -1.37. The Morgan fingerprint density at radius 2 is 2.64 bits per heavy atom. The Labute approximate surface area is 64.4 Å². The van der Waals surface area contributed by atoms with Gasteiger partial charge < -0.3 is 14.6 Å². The van der Waals surface area contributed by atoms with Crippen LogP contribution in [0.4, 0.5) is 0 Å². The molecule has 1 atom stereocenters. The first kappa shape index (κ1) is 8.07. The molecule has 0 radical (unpaired) electrons. The highest BCUT2D eigenvalue weighted by atomic mass is 16.6. The maximum atomic E-state index is 10.7. The van der Waals surface area contributed by atoms with Gasteiger partial charge in [0.2, 0.25) is 5.79 Å². The van der Waals surface area contributed by atoms with E-state index in [1.54, 1.807) is 6.08 Å². The fourth-order valence-electron chi connectivity index (χ4n) is 0.867. The van der Waals surface area contributed by atoms with E-state index in [2.05, 4.69) is 4.74 Å². The molecule has 1 aliphatic heterocycles. The largest absolute Gasteiger partial charge is 0.470 e. The van der Waals surface area contributed by atoms with Crippen LogP contribution in [0.15, 0.2) is 12.3 Å². The quantitative estimate of drug-likeness (QED) is 0.582. The Morgan fingerprint density at radius 1 is 1.91 bits per heavy atom. The summed E-state index contributed by atoms with van der Waals surface area (Å²) in [4.78, 5) is 10.7. The van der Waals surface area contributed by atoms with Crippen LogP contribution in [0.3, 0.4) is 0 Å². The van der Waals surface area contributed by atoms with Crippen molar-refractivity contribution < 1.29 is 19.4 Å². The third-order valence-corrected chi connectivity index (χ3v) is 1.47. The third-order valence-electron chi connectivity index (χ3n) is 1.47. The van der Waals surface area contributed by atoms with Gasteiger partial charge in [-0.3, -0.25) is 4.79 Å². The molecular weight excluding hydrogens is 148 g/mol. The van der Waals surface area contributed by atoms with Crippen LogP contribution in [0.1, 0.15) is 12.8 Å². The Bertz CT molecular complexity index is 177. The molecule has 0 saturated carbocycles. The Hall–Kier alpha value is -1.03. The zero-order valence-corrected chi connectivity index (χ0v) is 6.24. The Balaban J connectivity index is 2.41. The molecule has 4 nitrogen and oxygen atoms in total. The second-order valence-electron chi connectivity index (χ2n) is 2.39. The highest BCUT2D eigenvalue weighted by Crippen LogP contribution is 2.23. The minimum Gasteiger partial charge on any atom is -0.470 e. The molecule has 1 rings (SSSR count). The smallest absolute Gasteiger partial charge is 0.312 e. The first-order valence-electron chi connectivity index (χ1n) is 3.28. The number of rotatable bonds is 2. The van der Waals surface area contributed by atoms with Gasteiger partial charge in [-0.05, 0) is 6.08 Å². The standard InChI is InChI=1S/C7H10O4/c1-10-6(8)5-7(9)3-2-4-11-7/h2,4,9H,3,5H2,1H3. The van der Waals surface area contributed by atoms with Gasteiger partial charge in [-0.1, -0.05) is 0 Å². The van der Waals surface area contributed by atoms with E-state index in [9.17, 15) is 9.90 Å². The van der Waals surface area contributed by atoms with Gasteiger partial charge in [-0.2, -0.15) is 0 Å². The molecule has 1 unspecified atom stereocenters. The predicted octanol–water partition coefficient (Wildman–Crippen LogP) is 0.172. The molecular formula is C7H10O4. The van der Waals surface area contributed by atoms with Crippen molar-refractivity contribution in [3.05, 3.63) is 12.3 Å². The minimum absolute atomic E-state index is 0.128. The van der Waals surface area contributed by atoms with E-state index in [1.165, 1.54) is 13.4 Å². The van der Waals surface area contributed by atoms with Gasteiger partial charge in [0.25, 0.3) is 0 Å². The number of hydrogen-bond acceptors (Lipinski definition) is 4. The maximum absolute atomic E-state index is 10.7. The van der Waals surface area contributed by atoms with Crippen LogP contribution >= 0.6 is 0 Å². The monoisotopic (exact) mass is 158 g/mol. The predicted molar refractivity (Wildman–Crippen MR) is 36.4 cm³/mol. The SMILES string of the molecule is COC(=O)CC1(O)CC=CO1. The van der Waals surface area contributed by atoms with Gasteiger partial charge in [0, 0.05) is 6.42 Å². The van der Waals surface area contributed by atoms with Crippen LogP contribution in [-0.2, 0) is 14.3 Å². The summed E-state index contributed by atoms with van der Waals surface area (Å²) in [5.41, 5.74) is 0. The molecule has 0 amide bonds. The Kier molecular flexibility index (Phi) is 2.14. The number of hydrogen-bond donors (Lipinski definition) is 1. The molecule has 0 bridgehead atoms. The number of carbonyl (C=O) groups is 1. The van der Waals surface area contributed by atoms with Gasteiger partial charge in [-0.15, -0.1) is 0 Å². The van der Waals surface area contributed by atoms with Gasteiger partial charge in [0.05, 0.1) is 13.4 Å². The molecule has 0 aromatic heterocycles. The van der Waals surface area contributed by atoms with Crippen LogP contribution in [0, 0.1) is 0 Å². The van der Waals surface area contributed by atoms with Crippen molar-refractivity contribution in [1.82, 2.24) is 0 Å². The summed E-state index contributed by atoms with van der Waals surface area (Å²) in [6.45, 7) is 0. The number of aliphatic hydroxyl groups is 1. The molecule has 0 saturated heterocycles. The molecule has 11 heavy (non-hydrogen) atoms. The van der Waals surface area contributed by atoms with Crippen molar-refractivity contribution in [3.63, 3.8) is 0 Å². The van der Waals surface area contributed by atoms with Gasteiger partial charge in [-0.25, -0.2) is 0 Å². The number of carbonyl (C=O) groups excluding carboxylic acids is 1. The van der Waals surface area contributed by atoms with Crippen LogP contribution in [0.2, 0.25) is 0 Å². The second kappa shape index (κ2) is 2.92. The molecule has 0 aliphatic carbocycles. The summed E-state index contributed by atoms with van der Waals surface area (Å²) in [6, 6.07) is 0. The number of ether oxygens (including phenoxy) is 2. The molecule has 1 aliphatic rings. The van der Waals surface area contributed by atoms with Gasteiger partial charge in [0.1, 0.15) is 6.42 Å². The normalized spacial score (nSPS) is 28.2. The van der Waals surface area contributed by atoms with E-state index in [0.29, 0.717) is 6.42 Å². The number of methoxy groups -OCH3 is 1. The van der Waals surface area contributed by atoms with Crippen molar-refractivity contribution in [1.29, 1.82) is 0 Å². The number of esters is 1. The first-order chi connectivity index (χ1) is 5.16. The van der Waals surface area contributed by atoms with Crippen molar-refractivity contribution >= 4 is 5.97 Å². The molecule has 0 aromatic carbocycles. The third kappa shape index (κ3) is 1.94. The lowest BCUT2D eigenvalue weighted by atomic mass is 10.1. The molecule has 62 valence electrons. The summed E-state index contributed by atoms with van der Waals surface area (Å²) in [6.07, 6.45) is 3.24. The second-order valence-corrected chi connectivity index (χ2v) is 2.39. The molecule has 4 heteroatoms. The average Bonchev–Trinajstić information content (AvgIpc) is 2.36. The summed E-state index contributed by atoms with van der Waals surface area (Å²) in [7, 11) is 1.27. The van der Waals surface area contributed by atoms with Crippen LogP contribution < -0.4 is 0 Å². The molecule has 0 spiro atoms. The average molecular weight is 158 g/mol. The topological polar surface area (TPSA) is 55.8 Å². The van der Waals surface area contributed by atoms with Crippen LogP contribution in [0.25, 0.3) is 0 Å². The lowest BCUT2D eigenvalue weighted by Gasteiger charge is -2.19. The summed E-state index contributed by atoms with van der Waals surface area (Å²) in [5.74, 6) is -1.84. The molecule has 1 N–H and O–H groups in total. The lowest BCUT2D eigenvalue weighted by molar-refractivity contribution is -0.177. The van der Waals surface area contributed by atoms with Crippen LogP contribution in [-0.4, -0.2) is 24.0 Å². The molecule has 1 heterocycles. The van der Waals surface area contributed by atoms with Gasteiger partial charge in [0.15, 0.2) is 0 Å². The van der Waals surface area contributed by atoms with Crippen molar-refractivity contribution in [2.24, 2.45) is 0 Å². The van der Waals surface area contributed by atoms with E-state index >= 15 is 0 Å². The van der Waals surface area contributed by atoms with Gasteiger partial charge >= 0.3 is 5.97 Å². The molecule has 0 fully saturated rings. The van der Waals surface area contributed by atoms with Crippen molar-refractivity contribution in [2.45, 2.75) is 18.6 Å². The molecule has 0 aromatic rings. The lowest BCUT2D eigenvalue weighted by Crippen LogP contribution is -2.30. The van der Waals surface area contributed by atoms with E-state index in [0.717, 1.165) is 0 Å². The summed E-state index contributed by atoms with van der Waals surface area (Å²) < 4.78 is 9.16. The summed E-state index contributed by atoms with van der Waals surface area (Å²) >= 11 is 0. The fraction of sp³-hybridized carbons (Fsp3) is 0.571. The zero-order chi connectivity index (χ0) is 8.32. The highest BCUT2D eigenvalue weighted by molar-refractivity contribution is 5.70. The fourth-order valence-corrected chi connectivity index (χ4v) is 0.867. The van der Waals surface area contributed by atoms with E-state index in [-0.39, 0.29) is 6.42 Å². The van der Waals surface area contributed by atoms with E-state index < -0.39 is 11.8 Å².